The van der Waals surface area contributed by atoms with Gasteiger partial charge in [0.2, 0.25) is 5.01 Å². The molecule has 0 unspecified atom stereocenters. The minimum absolute atomic E-state index is 0.868. The van der Waals surface area contributed by atoms with Crippen LogP contribution in [-0.2, 0) is 9.53 Å². The highest BCUT2D eigenvalue weighted by Gasteiger charge is 2.08. The first-order valence-corrected chi connectivity index (χ1v) is 2.49. The third-order valence-electron chi connectivity index (χ3n) is 0.401. The predicted molar refractivity (Wildman–Crippen MR) is 27.4 cm³/mol. The number of carboxylic acid groups (broad SMARTS) is 1. The SMILES string of the molecule is CO[C@@H](Br)C(=O)O. The van der Waals surface area contributed by atoms with Gasteiger partial charge in [-0.15, -0.1) is 0 Å². The van der Waals surface area contributed by atoms with Gasteiger partial charge in [0.25, 0.3) is 0 Å². The second kappa shape index (κ2) is 2.98. The van der Waals surface area contributed by atoms with Crippen LogP contribution < -0.4 is 0 Å². The van der Waals surface area contributed by atoms with Crippen molar-refractivity contribution < 1.29 is 14.6 Å². The van der Waals surface area contributed by atoms with Crippen molar-refractivity contribution in [2.75, 3.05) is 7.11 Å². The smallest absolute Gasteiger partial charge is 0.343 e. The Morgan fingerprint density at radius 1 is 2.00 bits per heavy atom. The predicted octanol–water partition coefficient (Wildman–Crippen LogP) is 0.438. The van der Waals surface area contributed by atoms with Crippen LogP contribution >= 0.6 is 15.9 Å². The molecular weight excluding hydrogens is 164 g/mol. The third-order valence-corrected chi connectivity index (χ3v) is 1.17. The van der Waals surface area contributed by atoms with E-state index >= 15 is 0 Å². The summed E-state index contributed by atoms with van der Waals surface area (Å²) in [5, 5.41) is 7.14. The number of methoxy groups -OCH3 is 1. The molecule has 0 aliphatic carbocycles. The number of halogens is 1. The van der Waals surface area contributed by atoms with Crippen LogP contribution in [0.3, 0.4) is 0 Å². The van der Waals surface area contributed by atoms with E-state index in [9.17, 15) is 4.79 Å². The molecule has 0 amide bonds. The largest absolute Gasteiger partial charge is 0.479 e. The highest BCUT2D eigenvalue weighted by atomic mass is 79.9. The maximum Gasteiger partial charge on any atom is 0.343 e. The Balaban J connectivity index is 3.34. The van der Waals surface area contributed by atoms with Gasteiger partial charge in [-0.2, -0.15) is 0 Å². The van der Waals surface area contributed by atoms with Crippen LogP contribution in [0.25, 0.3) is 0 Å². The Kier molecular flexibility index (Phi) is 2.95. The summed E-state index contributed by atoms with van der Waals surface area (Å²) in [7, 11) is 1.31. The van der Waals surface area contributed by atoms with Crippen LogP contribution in [0.15, 0.2) is 0 Å². The summed E-state index contributed by atoms with van der Waals surface area (Å²) in [6.07, 6.45) is 0. The normalized spacial score (nSPS) is 13.4. The van der Waals surface area contributed by atoms with Gasteiger partial charge < -0.3 is 9.84 Å². The van der Waals surface area contributed by atoms with E-state index < -0.39 is 11.0 Å². The minimum atomic E-state index is -1.01. The number of hydrogen-bond acceptors (Lipinski definition) is 2. The number of carbonyl (C=O) groups is 1. The Morgan fingerprint density at radius 3 is 2.43 bits per heavy atom. The zero-order chi connectivity index (χ0) is 5.86. The molecule has 0 aromatic rings. The first-order chi connectivity index (χ1) is 3.18. The van der Waals surface area contributed by atoms with E-state index in [1.54, 1.807) is 0 Å². The van der Waals surface area contributed by atoms with Gasteiger partial charge in [0.15, 0.2) is 0 Å². The van der Waals surface area contributed by atoms with Gasteiger partial charge in [-0.05, 0) is 15.9 Å². The monoisotopic (exact) mass is 168 g/mol. The molecule has 4 heteroatoms. The zero-order valence-electron chi connectivity index (χ0n) is 3.72. The molecular formula is C3H5BrO3. The molecule has 0 rings (SSSR count). The number of carboxylic acids is 1. The van der Waals surface area contributed by atoms with Crippen molar-refractivity contribution in [2.45, 2.75) is 5.01 Å². The summed E-state index contributed by atoms with van der Waals surface area (Å²) in [5.74, 6) is -1.01. The van der Waals surface area contributed by atoms with Gasteiger partial charge in [-0.1, -0.05) is 0 Å². The molecule has 0 saturated heterocycles. The van der Waals surface area contributed by atoms with E-state index in [1.165, 1.54) is 7.11 Å². The zero-order valence-corrected chi connectivity index (χ0v) is 5.31. The fourth-order valence-electron chi connectivity index (χ4n) is 0.101. The van der Waals surface area contributed by atoms with Gasteiger partial charge in [0.05, 0.1) is 0 Å². The van der Waals surface area contributed by atoms with E-state index in [2.05, 4.69) is 20.7 Å². The topological polar surface area (TPSA) is 46.5 Å². The molecule has 0 aliphatic heterocycles. The quantitative estimate of drug-likeness (QED) is 0.610. The molecule has 1 atom stereocenters. The lowest BCUT2D eigenvalue weighted by molar-refractivity contribution is -0.142. The molecule has 0 spiro atoms. The van der Waals surface area contributed by atoms with Gasteiger partial charge in [0.1, 0.15) is 0 Å². The van der Waals surface area contributed by atoms with Gasteiger partial charge in [-0.25, -0.2) is 4.79 Å². The molecule has 1 N–H and O–H groups in total. The van der Waals surface area contributed by atoms with Crippen LogP contribution in [0.1, 0.15) is 0 Å². The Labute approximate surface area is 49.4 Å². The lowest BCUT2D eigenvalue weighted by Gasteiger charge is -1.96. The lowest BCUT2D eigenvalue weighted by atomic mass is 10.7. The average molecular weight is 169 g/mol. The van der Waals surface area contributed by atoms with Crippen LogP contribution in [0.5, 0.6) is 0 Å². The highest BCUT2D eigenvalue weighted by molar-refractivity contribution is 9.09. The fraction of sp³-hybridized carbons (Fsp3) is 0.667. The van der Waals surface area contributed by atoms with E-state index in [1.807, 2.05) is 0 Å². The van der Waals surface area contributed by atoms with Gasteiger partial charge >= 0.3 is 5.97 Å². The van der Waals surface area contributed by atoms with Crippen molar-refractivity contribution in [1.29, 1.82) is 0 Å². The second-order valence-electron chi connectivity index (χ2n) is 0.890. The molecule has 0 aromatic carbocycles. The fourth-order valence-corrected chi connectivity index (χ4v) is 0.101. The number of aliphatic carboxylic acids is 1. The first kappa shape index (κ1) is 6.91. The van der Waals surface area contributed by atoms with Crippen molar-refractivity contribution in [3.8, 4) is 0 Å². The van der Waals surface area contributed by atoms with Crippen molar-refractivity contribution in [1.82, 2.24) is 0 Å². The molecule has 0 radical (unpaired) electrons. The summed E-state index contributed by atoms with van der Waals surface area (Å²) < 4.78 is 4.33. The number of hydrogen-bond donors (Lipinski definition) is 1. The maximum atomic E-state index is 9.76. The first-order valence-electron chi connectivity index (χ1n) is 1.58. The van der Waals surface area contributed by atoms with Crippen LogP contribution in [0.4, 0.5) is 0 Å². The molecule has 0 aliphatic rings. The molecule has 42 valence electrons. The number of rotatable bonds is 2. The van der Waals surface area contributed by atoms with Crippen LogP contribution in [0.2, 0.25) is 0 Å². The molecule has 0 fully saturated rings. The third kappa shape index (κ3) is 2.59. The molecule has 0 aromatic heterocycles. The number of alkyl halides is 1. The molecule has 3 nitrogen and oxygen atoms in total. The summed E-state index contributed by atoms with van der Waals surface area (Å²) in [6, 6.07) is 0. The van der Waals surface area contributed by atoms with Gasteiger partial charge in [-0.3, -0.25) is 0 Å². The summed E-state index contributed by atoms with van der Waals surface area (Å²) in [6.45, 7) is 0. The van der Waals surface area contributed by atoms with Gasteiger partial charge in [0, 0.05) is 7.11 Å². The van der Waals surface area contributed by atoms with E-state index in [0.29, 0.717) is 0 Å². The number of ether oxygens (including phenoxy) is 1. The average Bonchev–Trinajstić information content (AvgIpc) is 1.65. The van der Waals surface area contributed by atoms with Crippen molar-refractivity contribution in [3.05, 3.63) is 0 Å². The Hall–Kier alpha value is -0.0900. The second-order valence-corrected chi connectivity index (χ2v) is 1.72. The Morgan fingerprint density at radius 2 is 2.43 bits per heavy atom. The summed E-state index contributed by atoms with van der Waals surface area (Å²) in [4.78, 5) is 9.76. The molecule has 7 heavy (non-hydrogen) atoms. The standard InChI is InChI=1S/C3H5BrO3/c1-7-2(4)3(5)6/h2H,1H3,(H,5,6)/t2-/m1/s1. The van der Waals surface area contributed by atoms with Crippen molar-refractivity contribution >= 4 is 21.9 Å². The van der Waals surface area contributed by atoms with E-state index in [0.717, 1.165) is 0 Å². The lowest BCUT2D eigenvalue weighted by Crippen LogP contribution is -2.13. The van der Waals surface area contributed by atoms with E-state index in [-0.39, 0.29) is 0 Å². The highest BCUT2D eigenvalue weighted by Crippen LogP contribution is 1.97. The summed E-state index contributed by atoms with van der Waals surface area (Å²) in [5.41, 5.74) is 0. The minimum Gasteiger partial charge on any atom is -0.479 e. The summed E-state index contributed by atoms with van der Waals surface area (Å²) >= 11 is 2.72. The van der Waals surface area contributed by atoms with Crippen LogP contribution in [0, 0.1) is 0 Å². The van der Waals surface area contributed by atoms with Crippen molar-refractivity contribution in [2.24, 2.45) is 0 Å². The molecule has 0 saturated carbocycles. The molecule has 0 heterocycles. The van der Waals surface area contributed by atoms with E-state index in [4.69, 9.17) is 5.11 Å². The van der Waals surface area contributed by atoms with Crippen molar-refractivity contribution in [3.63, 3.8) is 0 Å². The molecule has 0 bridgehead atoms. The Bertz CT molecular complexity index is 72.6. The maximum absolute atomic E-state index is 9.76. The van der Waals surface area contributed by atoms with Crippen LogP contribution in [-0.4, -0.2) is 23.2 Å².